The Hall–Kier alpha value is -2.62. The predicted octanol–water partition coefficient (Wildman–Crippen LogP) is 1.71. The van der Waals surface area contributed by atoms with E-state index in [1.165, 1.54) is 21.3 Å². The zero-order valence-corrected chi connectivity index (χ0v) is 16.4. The van der Waals surface area contributed by atoms with Crippen LogP contribution in [-0.4, -0.2) is 62.2 Å². The number of sulfonamides is 1. The van der Waals surface area contributed by atoms with Crippen LogP contribution in [0, 0.1) is 5.82 Å². The SMILES string of the molecule is O=C1C(=O)N(CN2CCCN(S(=O)(=O)c3ccc(F)cc3)CC2)c2ccccc21. The molecule has 0 spiro atoms. The van der Waals surface area contributed by atoms with Gasteiger partial charge in [-0.3, -0.25) is 19.4 Å². The summed E-state index contributed by atoms with van der Waals surface area (Å²) >= 11 is 0. The number of halogens is 1. The van der Waals surface area contributed by atoms with Gasteiger partial charge in [0.1, 0.15) is 5.82 Å². The Morgan fingerprint density at radius 1 is 0.897 bits per heavy atom. The summed E-state index contributed by atoms with van der Waals surface area (Å²) in [6.07, 6.45) is 0.581. The van der Waals surface area contributed by atoms with Gasteiger partial charge < -0.3 is 0 Å². The standard InChI is InChI=1S/C20H20FN3O4S/c21-15-6-8-16(9-7-15)29(27,28)23-11-3-10-22(12-13-23)14-24-18-5-2-1-4-17(18)19(25)20(24)26/h1-2,4-9H,3,10-14H2. The number of amides is 1. The molecule has 2 aliphatic rings. The first-order valence-corrected chi connectivity index (χ1v) is 10.8. The molecule has 2 aromatic carbocycles. The van der Waals surface area contributed by atoms with Crippen LogP contribution in [0.4, 0.5) is 10.1 Å². The van der Waals surface area contributed by atoms with E-state index in [1.54, 1.807) is 24.3 Å². The summed E-state index contributed by atoms with van der Waals surface area (Å²) in [6, 6.07) is 11.7. The molecule has 2 aromatic rings. The first kappa shape index (κ1) is 19.7. The third-order valence-corrected chi connectivity index (χ3v) is 7.13. The molecule has 7 nitrogen and oxygen atoms in total. The van der Waals surface area contributed by atoms with Crippen molar-refractivity contribution in [2.24, 2.45) is 0 Å². The maximum Gasteiger partial charge on any atom is 0.300 e. The van der Waals surface area contributed by atoms with Crippen molar-refractivity contribution in [3.05, 3.63) is 59.9 Å². The molecule has 4 rings (SSSR count). The molecule has 0 N–H and O–H groups in total. The minimum Gasteiger partial charge on any atom is -0.291 e. The van der Waals surface area contributed by atoms with Gasteiger partial charge >= 0.3 is 5.91 Å². The molecular formula is C20H20FN3O4S. The zero-order valence-electron chi connectivity index (χ0n) is 15.6. The van der Waals surface area contributed by atoms with E-state index in [0.717, 1.165) is 12.1 Å². The third kappa shape index (κ3) is 3.68. The fraction of sp³-hybridized carbons (Fsp3) is 0.300. The first-order valence-electron chi connectivity index (χ1n) is 9.31. The van der Waals surface area contributed by atoms with Gasteiger partial charge in [0.2, 0.25) is 10.0 Å². The van der Waals surface area contributed by atoms with Crippen LogP contribution >= 0.6 is 0 Å². The van der Waals surface area contributed by atoms with Crippen LogP contribution in [0.15, 0.2) is 53.4 Å². The number of hydrogen-bond donors (Lipinski definition) is 0. The number of ketones is 1. The van der Waals surface area contributed by atoms with E-state index in [0.29, 0.717) is 37.3 Å². The molecule has 0 radical (unpaired) electrons. The maximum atomic E-state index is 13.1. The van der Waals surface area contributed by atoms with Crippen molar-refractivity contribution in [3.63, 3.8) is 0 Å². The summed E-state index contributed by atoms with van der Waals surface area (Å²) < 4.78 is 40.2. The highest BCUT2D eigenvalue weighted by Crippen LogP contribution is 2.29. The van der Waals surface area contributed by atoms with Gasteiger partial charge in [-0.05, 0) is 42.8 Å². The van der Waals surface area contributed by atoms with Crippen LogP contribution in [0.3, 0.4) is 0 Å². The van der Waals surface area contributed by atoms with Crippen LogP contribution < -0.4 is 4.90 Å². The Bertz CT molecular complexity index is 1060. The Labute approximate surface area is 168 Å². The molecule has 1 amide bonds. The van der Waals surface area contributed by atoms with Gasteiger partial charge in [-0.2, -0.15) is 4.31 Å². The Morgan fingerprint density at radius 3 is 2.38 bits per heavy atom. The van der Waals surface area contributed by atoms with Gasteiger partial charge in [-0.15, -0.1) is 0 Å². The molecule has 2 aliphatic heterocycles. The third-order valence-electron chi connectivity index (χ3n) is 5.22. The fourth-order valence-electron chi connectivity index (χ4n) is 3.67. The first-order chi connectivity index (χ1) is 13.9. The smallest absolute Gasteiger partial charge is 0.291 e. The number of carbonyl (C=O) groups is 2. The molecule has 1 fully saturated rings. The summed E-state index contributed by atoms with van der Waals surface area (Å²) in [7, 11) is -3.72. The number of carbonyl (C=O) groups excluding carboxylic acids is 2. The summed E-state index contributed by atoms with van der Waals surface area (Å²) in [5, 5.41) is 0. The van der Waals surface area contributed by atoms with E-state index in [2.05, 4.69) is 0 Å². The molecule has 0 unspecified atom stereocenters. The van der Waals surface area contributed by atoms with Crippen LogP contribution in [0.5, 0.6) is 0 Å². The minimum absolute atomic E-state index is 0.0570. The second-order valence-corrected chi connectivity index (χ2v) is 8.99. The number of para-hydroxylation sites is 1. The summed E-state index contributed by atoms with van der Waals surface area (Å²) in [5.41, 5.74) is 0.982. The number of fused-ring (bicyclic) bond motifs is 1. The van der Waals surface area contributed by atoms with E-state index < -0.39 is 27.5 Å². The van der Waals surface area contributed by atoms with Gasteiger partial charge in [0.15, 0.2) is 0 Å². The lowest BCUT2D eigenvalue weighted by Gasteiger charge is -2.26. The lowest BCUT2D eigenvalue weighted by Crippen LogP contribution is -2.43. The van der Waals surface area contributed by atoms with Crippen LogP contribution in [0.2, 0.25) is 0 Å². The zero-order chi connectivity index (χ0) is 20.6. The Balaban J connectivity index is 1.47. The molecule has 0 aromatic heterocycles. The topological polar surface area (TPSA) is 78.0 Å². The summed E-state index contributed by atoms with van der Waals surface area (Å²) in [6.45, 7) is 1.82. The second-order valence-electron chi connectivity index (χ2n) is 7.05. The van der Waals surface area contributed by atoms with Crippen molar-refractivity contribution < 1.29 is 22.4 Å². The largest absolute Gasteiger partial charge is 0.300 e. The Morgan fingerprint density at radius 2 is 1.62 bits per heavy atom. The van der Waals surface area contributed by atoms with Gasteiger partial charge in [-0.25, -0.2) is 12.8 Å². The monoisotopic (exact) mass is 417 g/mol. The highest BCUT2D eigenvalue weighted by atomic mass is 32.2. The van der Waals surface area contributed by atoms with E-state index >= 15 is 0 Å². The van der Waals surface area contributed by atoms with E-state index in [4.69, 9.17) is 0 Å². The summed E-state index contributed by atoms with van der Waals surface area (Å²) in [4.78, 5) is 28.0. The average Bonchev–Trinajstić information content (AvgIpc) is 2.88. The van der Waals surface area contributed by atoms with Crippen molar-refractivity contribution in [1.82, 2.24) is 9.21 Å². The van der Waals surface area contributed by atoms with Gasteiger partial charge in [0.05, 0.1) is 22.8 Å². The highest BCUT2D eigenvalue weighted by molar-refractivity contribution is 7.89. The molecule has 0 aliphatic carbocycles. The fourth-order valence-corrected chi connectivity index (χ4v) is 5.14. The van der Waals surface area contributed by atoms with Crippen LogP contribution in [0.1, 0.15) is 16.8 Å². The Kier molecular flexibility index (Phi) is 5.20. The molecule has 152 valence electrons. The van der Waals surface area contributed by atoms with Crippen molar-refractivity contribution in [1.29, 1.82) is 0 Å². The quantitative estimate of drug-likeness (QED) is 0.708. The molecule has 29 heavy (non-hydrogen) atoms. The minimum atomic E-state index is -3.72. The number of Topliss-reactive ketones (excluding diaryl/α,β-unsaturated/α-hetero) is 1. The highest BCUT2D eigenvalue weighted by Gasteiger charge is 2.36. The molecule has 2 heterocycles. The predicted molar refractivity (Wildman–Crippen MR) is 104 cm³/mol. The van der Waals surface area contributed by atoms with Gasteiger partial charge in [-0.1, -0.05) is 12.1 Å². The summed E-state index contributed by atoms with van der Waals surface area (Å²) in [5.74, 6) is -1.57. The number of anilines is 1. The molecular weight excluding hydrogens is 397 g/mol. The van der Waals surface area contributed by atoms with Crippen molar-refractivity contribution >= 4 is 27.4 Å². The van der Waals surface area contributed by atoms with Crippen LogP contribution in [0.25, 0.3) is 0 Å². The van der Waals surface area contributed by atoms with E-state index in [-0.39, 0.29) is 18.1 Å². The number of rotatable bonds is 4. The van der Waals surface area contributed by atoms with Gasteiger partial charge in [0, 0.05) is 26.2 Å². The molecule has 1 saturated heterocycles. The maximum absolute atomic E-state index is 13.1. The molecule has 0 bridgehead atoms. The van der Waals surface area contributed by atoms with Crippen molar-refractivity contribution in [3.8, 4) is 0 Å². The van der Waals surface area contributed by atoms with Crippen molar-refractivity contribution in [2.45, 2.75) is 11.3 Å². The number of nitrogens with zero attached hydrogens (tertiary/aromatic N) is 3. The lowest BCUT2D eigenvalue weighted by molar-refractivity contribution is -0.114. The van der Waals surface area contributed by atoms with Crippen LogP contribution in [-0.2, 0) is 14.8 Å². The normalized spacial score (nSPS) is 18.7. The molecule has 0 saturated carbocycles. The van der Waals surface area contributed by atoms with Crippen molar-refractivity contribution in [2.75, 3.05) is 37.7 Å². The molecule has 9 heteroatoms. The van der Waals surface area contributed by atoms with E-state index in [9.17, 15) is 22.4 Å². The second kappa shape index (κ2) is 7.66. The van der Waals surface area contributed by atoms with E-state index in [1.807, 2.05) is 4.90 Å². The van der Waals surface area contributed by atoms with Gasteiger partial charge in [0.25, 0.3) is 5.78 Å². The number of benzene rings is 2. The average molecular weight is 417 g/mol. The molecule has 0 atom stereocenters. The lowest BCUT2D eigenvalue weighted by atomic mass is 10.1. The number of hydrogen-bond acceptors (Lipinski definition) is 5.